The number of anilines is 1. The van der Waals surface area contributed by atoms with Crippen molar-refractivity contribution in [1.82, 2.24) is 9.55 Å². The summed E-state index contributed by atoms with van der Waals surface area (Å²) < 4.78 is 15.3. The van der Waals surface area contributed by atoms with Gasteiger partial charge in [-0.05, 0) is 19.2 Å². The van der Waals surface area contributed by atoms with Gasteiger partial charge in [0.2, 0.25) is 5.95 Å². The summed E-state index contributed by atoms with van der Waals surface area (Å²) in [5.74, 6) is 0.833. The SMILES string of the molecule is CSCC(C)n1c(N)nc2cc(Cl)c(F)cc21. The number of hydrogen-bond acceptors (Lipinski definition) is 3. The van der Waals surface area contributed by atoms with E-state index in [2.05, 4.69) is 4.98 Å². The first-order chi connectivity index (χ1) is 8.04. The Labute approximate surface area is 108 Å². The Morgan fingerprint density at radius 3 is 2.94 bits per heavy atom. The third-order valence-corrected chi connectivity index (χ3v) is 3.71. The summed E-state index contributed by atoms with van der Waals surface area (Å²) in [4.78, 5) is 4.20. The Kier molecular flexibility index (Phi) is 3.49. The average molecular weight is 274 g/mol. The van der Waals surface area contributed by atoms with Crippen LogP contribution in [0.2, 0.25) is 5.02 Å². The number of fused-ring (bicyclic) bond motifs is 1. The lowest BCUT2D eigenvalue weighted by Gasteiger charge is -2.14. The number of imidazole rings is 1. The number of hydrogen-bond donors (Lipinski definition) is 1. The maximum Gasteiger partial charge on any atom is 0.201 e. The summed E-state index contributed by atoms with van der Waals surface area (Å²) in [6, 6.07) is 3.05. The fraction of sp³-hybridized carbons (Fsp3) is 0.364. The molecule has 1 heterocycles. The van der Waals surface area contributed by atoms with Crippen LogP contribution in [-0.4, -0.2) is 21.6 Å². The van der Waals surface area contributed by atoms with Crippen LogP contribution in [0.1, 0.15) is 13.0 Å². The molecule has 1 aromatic heterocycles. The minimum atomic E-state index is -0.448. The molecule has 0 saturated heterocycles. The zero-order chi connectivity index (χ0) is 12.6. The van der Waals surface area contributed by atoms with Gasteiger partial charge in [0, 0.05) is 17.9 Å². The molecule has 0 amide bonds. The van der Waals surface area contributed by atoms with E-state index in [4.69, 9.17) is 17.3 Å². The molecule has 92 valence electrons. The van der Waals surface area contributed by atoms with Crippen molar-refractivity contribution in [2.45, 2.75) is 13.0 Å². The van der Waals surface area contributed by atoms with Gasteiger partial charge >= 0.3 is 0 Å². The molecule has 2 N–H and O–H groups in total. The number of halogens is 2. The van der Waals surface area contributed by atoms with Crippen molar-refractivity contribution in [1.29, 1.82) is 0 Å². The first-order valence-electron chi connectivity index (χ1n) is 5.16. The quantitative estimate of drug-likeness (QED) is 0.933. The summed E-state index contributed by atoms with van der Waals surface area (Å²) in [6.07, 6.45) is 2.02. The van der Waals surface area contributed by atoms with Crippen molar-refractivity contribution >= 4 is 40.3 Å². The van der Waals surface area contributed by atoms with Crippen LogP contribution in [0.4, 0.5) is 10.3 Å². The zero-order valence-electron chi connectivity index (χ0n) is 9.58. The Hall–Kier alpha value is -0.940. The Morgan fingerprint density at radius 2 is 2.29 bits per heavy atom. The highest BCUT2D eigenvalue weighted by Crippen LogP contribution is 2.28. The molecule has 2 rings (SSSR count). The van der Waals surface area contributed by atoms with E-state index in [9.17, 15) is 4.39 Å². The maximum absolute atomic E-state index is 13.5. The lowest BCUT2D eigenvalue weighted by Crippen LogP contribution is -2.10. The number of nitrogens with zero attached hydrogens (tertiary/aromatic N) is 2. The summed E-state index contributed by atoms with van der Waals surface area (Å²) >= 11 is 7.43. The van der Waals surface area contributed by atoms with Crippen molar-refractivity contribution in [3.8, 4) is 0 Å². The van der Waals surface area contributed by atoms with Crippen LogP contribution >= 0.6 is 23.4 Å². The van der Waals surface area contributed by atoms with E-state index in [-0.39, 0.29) is 11.1 Å². The number of benzene rings is 1. The standard InChI is InChI=1S/C11H13ClFN3S/c1-6(5-17-2)16-10-4-8(13)7(12)3-9(10)15-11(16)14/h3-4,6H,5H2,1-2H3,(H2,14,15). The highest BCUT2D eigenvalue weighted by atomic mass is 35.5. The van der Waals surface area contributed by atoms with E-state index >= 15 is 0 Å². The highest BCUT2D eigenvalue weighted by Gasteiger charge is 2.15. The third kappa shape index (κ3) is 2.21. The van der Waals surface area contributed by atoms with Gasteiger partial charge in [-0.2, -0.15) is 11.8 Å². The number of rotatable bonds is 3. The van der Waals surface area contributed by atoms with Crippen LogP contribution < -0.4 is 5.73 Å². The topological polar surface area (TPSA) is 43.8 Å². The van der Waals surface area contributed by atoms with E-state index < -0.39 is 5.82 Å². The monoisotopic (exact) mass is 273 g/mol. The summed E-state index contributed by atoms with van der Waals surface area (Å²) in [7, 11) is 0. The molecule has 0 spiro atoms. The molecule has 0 bridgehead atoms. The lowest BCUT2D eigenvalue weighted by atomic mass is 10.3. The van der Waals surface area contributed by atoms with Gasteiger partial charge in [0.15, 0.2) is 0 Å². The van der Waals surface area contributed by atoms with Gasteiger partial charge in [0.05, 0.1) is 16.1 Å². The average Bonchev–Trinajstić information content (AvgIpc) is 2.55. The Balaban J connectivity index is 2.62. The van der Waals surface area contributed by atoms with Crippen molar-refractivity contribution < 1.29 is 4.39 Å². The maximum atomic E-state index is 13.5. The Bertz CT molecular complexity index is 555. The van der Waals surface area contributed by atoms with Gasteiger partial charge in [-0.25, -0.2) is 9.37 Å². The molecule has 17 heavy (non-hydrogen) atoms. The lowest BCUT2D eigenvalue weighted by molar-refractivity contribution is 0.619. The molecule has 1 unspecified atom stereocenters. The van der Waals surface area contributed by atoms with Gasteiger partial charge in [-0.15, -0.1) is 0 Å². The number of nitrogen functional groups attached to an aromatic ring is 1. The van der Waals surface area contributed by atoms with Gasteiger partial charge in [0.1, 0.15) is 5.82 Å². The van der Waals surface area contributed by atoms with Gasteiger partial charge < -0.3 is 10.3 Å². The molecule has 0 radical (unpaired) electrons. The fourth-order valence-corrected chi connectivity index (χ4v) is 2.68. The minimum absolute atomic E-state index is 0.0691. The number of thioether (sulfide) groups is 1. The molecule has 3 nitrogen and oxygen atoms in total. The predicted octanol–water partition coefficient (Wildman–Crippen LogP) is 3.34. The second-order valence-electron chi connectivity index (χ2n) is 3.90. The molecule has 0 aliphatic heterocycles. The molecule has 1 atom stereocenters. The van der Waals surface area contributed by atoms with Crippen LogP contribution in [0.5, 0.6) is 0 Å². The molecule has 2 aromatic rings. The van der Waals surface area contributed by atoms with Crippen molar-refractivity contribution in [3.05, 3.63) is 23.0 Å². The van der Waals surface area contributed by atoms with E-state index in [0.717, 1.165) is 5.75 Å². The van der Waals surface area contributed by atoms with Gasteiger partial charge in [-0.1, -0.05) is 11.6 Å². The summed E-state index contributed by atoms with van der Waals surface area (Å²) in [6.45, 7) is 2.03. The second-order valence-corrected chi connectivity index (χ2v) is 5.22. The second kappa shape index (κ2) is 4.74. The number of aromatic nitrogens is 2. The minimum Gasteiger partial charge on any atom is -0.369 e. The van der Waals surface area contributed by atoms with Crippen molar-refractivity contribution in [2.75, 3.05) is 17.7 Å². The van der Waals surface area contributed by atoms with E-state index in [1.807, 2.05) is 17.7 Å². The predicted molar refractivity (Wildman–Crippen MR) is 72.2 cm³/mol. The van der Waals surface area contributed by atoms with Crippen LogP contribution in [-0.2, 0) is 0 Å². The third-order valence-electron chi connectivity index (χ3n) is 2.61. The molecule has 0 aliphatic rings. The van der Waals surface area contributed by atoms with E-state index in [1.54, 1.807) is 11.8 Å². The van der Waals surface area contributed by atoms with E-state index in [0.29, 0.717) is 17.0 Å². The largest absolute Gasteiger partial charge is 0.369 e. The van der Waals surface area contributed by atoms with Crippen LogP contribution in [0, 0.1) is 5.82 Å². The smallest absolute Gasteiger partial charge is 0.201 e. The highest BCUT2D eigenvalue weighted by molar-refractivity contribution is 7.98. The molecule has 0 fully saturated rings. The zero-order valence-corrected chi connectivity index (χ0v) is 11.1. The van der Waals surface area contributed by atoms with Crippen LogP contribution in [0.3, 0.4) is 0 Å². The van der Waals surface area contributed by atoms with Crippen molar-refractivity contribution in [3.63, 3.8) is 0 Å². The number of nitrogens with two attached hydrogens (primary N) is 1. The van der Waals surface area contributed by atoms with Crippen LogP contribution in [0.15, 0.2) is 12.1 Å². The van der Waals surface area contributed by atoms with Gasteiger partial charge in [0.25, 0.3) is 0 Å². The fourth-order valence-electron chi connectivity index (χ4n) is 1.89. The summed E-state index contributed by atoms with van der Waals surface area (Å²) in [5, 5.41) is 0.0691. The van der Waals surface area contributed by atoms with E-state index in [1.165, 1.54) is 12.1 Å². The molecule has 1 aromatic carbocycles. The summed E-state index contributed by atoms with van der Waals surface area (Å²) in [5.41, 5.74) is 7.17. The molecule has 6 heteroatoms. The molecule has 0 saturated carbocycles. The molecule has 0 aliphatic carbocycles. The van der Waals surface area contributed by atoms with Crippen molar-refractivity contribution in [2.24, 2.45) is 0 Å². The first-order valence-corrected chi connectivity index (χ1v) is 6.93. The normalized spacial score (nSPS) is 13.2. The Morgan fingerprint density at radius 1 is 1.59 bits per heavy atom. The molecular weight excluding hydrogens is 261 g/mol. The van der Waals surface area contributed by atoms with Crippen LogP contribution in [0.25, 0.3) is 11.0 Å². The first kappa shape index (κ1) is 12.5. The molecular formula is C11H13ClFN3S. The van der Waals surface area contributed by atoms with Gasteiger partial charge in [-0.3, -0.25) is 0 Å².